The molecule has 0 unspecified atom stereocenters. The first kappa shape index (κ1) is 11.1. The van der Waals surface area contributed by atoms with E-state index in [0.29, 0.717) is 10.9 Å². The van der Waals surface area contributed by atoms with Crippen molar-refractivity contribution in [3.63, 3.8) is 0 Å². The Morgan fingerprint density at radius 1 is 1.54 bits per heavy atom. The number of hydrogen-bond acceptors (Lipinski definition) is 0. The van der Waals surface area contributed by atoms with E-state index in [2.05, 4.69) is 35.8 Å². The maximum atomic E-state index is 5.89. The molecule has 0 fully saturated rings. The van der Waals surface area contributed by atoms with E-state index in [9.17, 15) is 0 Å². The van der Waals surface area contributed by atoms with E-state index in [1.165, 1.54) is 11.1 Å². The lowest BCUT2D eigenvalue weighted by molar-refractivity contribution is 0.845. The van der Waals surface area contributed by atoms with Crippen molar-refractivity contribution in [3.8, 4) is 0 Å². The Bertz CT molecular complexity index is 281. The lowest BCUT2D eigenvalue weighted by Gasteiger charge is -2.11. The van der Waals surface area contributed by atoms with Crippen molar-refractivity contribution in [2.75, 3.05) is 5.33 Å². The van der Waals surface area contributed by atoms with Crippen LogP contribution in [0.25, 0.3) is 0 Å². The van der Waals surface area contributed by atoms with Crippen LogP contribution in [0.1, 0.15) is 30.9 Å². The van der Waals surface area contributed by atoms with Gasteiger partial charge >= 0.3 is 0 Å². The molecule has 71 valence electrons. The number of halogens is 2. The smallest absolute Gasteiger partial charge is 0.0487 e. The quantitative estimate of drug-likeness (QED) is 0.715. The SMILES string of the molecule is CC(C)c1c[c]c(Cl)cc1CCBr. The molecule has 0 saturated heterocycles. The third-order valence-electron chi connectivity index (χ3n) is 2.02. The van der Waals surface area contributed by atoms with Crippen LogP contribution in [0.4, 0.5) is 0 Å². The van der Waals surface area contributed by atoms with E-state index in [-0.39, 0.29) is 0 Å². The minimum Gasteiger partial charge on any atom is -0.0924 e. The highest BCUT2D eigenvalue weighted by Crippen LogP contribution is 2.23. The maximum Gasteiger partial charge on any atom is 0.0487 e. The van der Waals surface area contributed by atoms with Gasteiger partial charge in [0.05, 0.1) is 0 Å². The van der Waals surface area contributed by atoms with E-state index in [0.717, 1.165) is 11.8 Å². The van der Waals surface area contributed by atoms with Crippen LogP contribution in [0.15, 0.2) is 12.1 Å². The number of hydrogen-bond donors (Lipinski definition) is 0. The highest BCUT2D eigenvalue weighted by atomic mass is 79.9. The van der Waals surface area contributed by atoms with E-state index < -0.39 is 0 Å². The van der Waals surface area contributed by atoms with Gasteiger partial charge in [0.1, 0.15) is 0 Å². The van der Waals surface area contributed by atoms with Crippen LogP contribution < -0.4 is 0 Å². The molecule has 13 heavy (non-hydrogen) atoms. The molecule has 0 atom stereocenters. The van der Waals surface area contributed by atoms with Crippen molar-refractivity contribution >= 4 is 27.5 Å². The van der Waals surface area contributed by atoms with Gasteiger partial charge in [-0.05, 0) is 35.6 Å². The molecule has 0 amide bonds. The van der Waals surface area contributed by atoms with E-state index >= 15 is 0 Å². The molecule has 0 bridgehead atoms. The Hall–Kier alpha value is -0.0100. The predicted octanol–water partition coefficient (Wildman–Crippen LogP) is 4.20. The van der Waals surface area contributed by atoms with E-state index in [1.54, 1.807) is 0 Å². The molecular weight excluding hydrogens is 247 g/mol. The molecule has 0 heterocycles. The second kappa shape index (κ2) is 5.02. The molecular formula is C11H13BrCl. The van der Waals surface area contributed by atoms with Crippen LogP contribution in [-0.2, 0) is 6.42 Å². The lowest BCUT2D eigenvalue weighted by atomic mass is 9.96. The number of benzene rings is 1. The minimum absolute atomic E-state index is 0.544. The highest BCUT2D eigenvalue weighted by Gasteiger charge is 2.06. The summed E-state index contributed by atoms with van der Waals surface area (Å²) in [6.45, 7) is 4.38. The summed E-state index contributed by atoms with van der Waals surface area (Å²) in [5.74, 6) is 0.544. The maximum absolute atomic E-state index is 5.89. The minimum atomic E-state index is 0.544. The Labute approximate surface area is 93.4 Å². The van der Waals surface area contributed by atoms with Gasteiger partial charge in [0.25, 0.3) is 0 Å². The molecule has 1 aromatic rings. The van der Waals surface area contributed by atoms with Crippen molar-refractivity contribution in [2.24, 2.45) is 0 Å². The molecule has 1 rings (SSSR count). The van der Waals surface area contributed by atoms with Gasteiger partial charge in [-0.15, -0.1) is 0 Å². The summed E-state index contributed by atoms with van der Waals surface area (Å²) in [6.07, 6.45) is 1.03. The first-order chi connectivity index (χ1) is 6.15. The zero-order valence-electron chi connectivity index (χ0n) is 7.90. The Kier molecular flexibility index (Phi) is 4.27. The third kappa shape index (κ3) is 2.99. The summed E-state index contributed by atoms with van der Waals surface area (Å²) >= 11 is 9.33. The van der Waals surface area contributed by atoms with Crippen molar-refractivity contribution in [2.45, 2.75) is 26.2 Å². The van der Waals surface area contributed by atoms with Gasteiger partial charge < -0.3 is 0 Å². The standard InChI is InChI=1S/C11H13BrCl/c1-8(2)11-4-3-10(13)7-9(11)5-6-12/h4,7-8H,5-6H2,1-2H3. The number of aryl methyl sites for hydroxylation is 1. The molecule has 0 saturated carbocycles. The zero-order valence-corrected chi connectivity index (χ0v) is 10.2. The molecule has 0 N–H and O–H groups in total. The van der Waals surface area contributed by atoms with Gasteiger partial charge in [-0.3, -0.25) is 0 Å². The van der Waals surface area contributed by atoms with Crippen LogP contribution in [0.3, 0.4) is 0 Å². The average molecular weight is 261 g/mol. The van der Waals surface area contributed by atoms with Gasteiger partial charge in [-0.25, -0.2) is 0 Å². The Morgan fingerprint density at radius 3 is 2.77 bits per heavy atom. The van der Waals surface area contributed by atoms with Crippen LogP contribution >= 0.6 is 27.5 Å². The highest BCUT2D eigenvalue weighted by molar-refractivity contribution is 9.09. The normalized spacial score (nSPS) is 10.8. The molecule has 0 aromatic heterocycles. The summed E-state index contributed by atoms with van der Waals surface area (Å²) in [5.41, 5.74) is 2.68. The van der Waals surface area contributed by atoms with Crippen molar-refractivity contribution in [1.82, 2.24) is 0 Å². The fraction of sp³-hybridized carbons (Fsp3) is 0.455. The van der Waals surface area contributed by atoms with Crippen molar-refractivity contribution in [1.29, 1.82) is 0 Å². The van der Waals surface area contributed by atoms with Crippen LogP contribution in [0.2, 0.25) is 5.02 Å². The van der Waals surface area contributed by atoms with Crippen LogP contribution in [0, 0.1) is 6.07 Å². The monoisotopic (exact) mass is 259 g/mol. The molecule has 1 aromatic carbocycles. The third-order valence-corrected chi connectivity index (χ3v) is 2.64. The van der Waals surface area contributed by atoms with Gasteiger partial charge in [0.2, 0.25) is 0 Å². The predicted molar refractivity (Wildman–Crippen MR) is 61.9 cm³/mol. The van der Waals surface area contributed by atoms with Gasteiger partial charge in [-0.1, -0.05) is 41.4 Å². The molecule has 0 nitrogen and oxygen atoms in total. The topological polar surface area (TPSA) is 0 Å². The summed E-state index contributed by atoms with van der Waals surface area (Å²) in [7, 11) is 0. The van der Waals surface area contributed by atoms with Crippen LogP contribution in [-0.4, -0.2) is 5.33 Å². The molecule has 0 aliphatic carbocycles. The molecule has 0 aliphatic heterocycles. The Balaban J connectivity index is 3.03. The number of alkyl halides is 1. The van der Waals surface area contributed by atoms with E-state index in [4.69, 9.17) is 11.6 Å². The first-order valence-corrected chi connectivity index (χ1v) is 5.91. The summed E-state index contributed by atoms with van der Waals surface area (Å²) in [5, 5.41) is 1.69. The van der Waals surface area contributed by atoms with Gasteiger partial charge in [0.15, 0.2) is 0 Å². The second-order valence-corrected chi connectivity index (χ2v) is 4.56. The lowest BCUT2D eigenvalue weighted by Crippen LogP contribution is -1.97. The molecule has 0 spiro atoms. The number of rotatable bonds is 3. The molecule has 1 radical (unpaired) electrons. The van der Waals surface area contributed by atoms with Crippen molar-refractivity contribution < 1.29 is 0 Å². The van der Waals surface area contributed by atoms with Crippen LogP contribution in [0.5, 0.6) is 0 Å². The first-order valence-electron chi connectivity index (χ1n) is 4.41. The summed E-state index contributed by atoms with van der Waals surface area (Å²) in [4.78, 5) is 0. The van der Waals surface area contributed by atoms with Gasteiger partial charge in [-0.2, -0.15) is 0 Å². The van der Waals surface area contributed by atoms with Gasteiger partial charge in [0, 0.05) is 16.4 Å². The Morgan fingerprint density at radius 2 is 2.23 bits per heavy atom. The molecule has 2 heteroatoms. The summed E-state index contributed by atoms with van der Waals surface area (Å²) in [6, 6.07) is 7.05. The van der Waals surface area contributed by atoms with E-state index in [1.807, 2.05) is 12.1 Å². The average Bonchev–Trinajstić information content (AvgIpc) is 2.04. The molecule has 0 aliphatic rings. The largest absolute Gasteiger partial charge is 0.0924 e. The fourth-order valence-electron chi connectivity index (χ4n) is 1.37. The summed E-state index contributed by atoms with van der Waals surface area (Å²) < 4.78 is 0. The van der Waals surface area contributed by atoms with Crippen molar-refractivity contribution in [3.05, 3.63) is 34.3 Å². The fourth-order valence-corrected chi connectivity index (χ4v) is 1.99. The second-order valence-electron chi connectivity index (χ2n) is 3.36. The zero-order chi connectivity index (χ0) is 9.84.